The van der Waals surface area contributed by atoms with E-state index in [0.29, 0.717) is 23.6 Å². The number of carbonyl (C=O) groups excluding carboxylic acids is 1. The van der Waals surface area contributed by atoms with Crippen molar-refractivity contribution in [3.05, 3.63) is 63.4 Å². The van der Waals surface area contributed by atoms with E-state index in [2.05, 4.69) is 5.32 Å². The van der Waals surface area contributed by atoms with Gasteiger partial charge in [-0.2, -0.15) is 0 Å². The molecule has 1 saturated heterocycles. The highest BCUT2D eigenvalue weighted by Crippen LogP contribution is 2.27. The zero-order valence-electron chi connectivity index (χ0n) is 15.8. The van der Waals surface area contributed by atoms with Crippen molar-refractivity contribution < 1.29 is 17.6 Å². The van der Waals surface area contributed by atoms with Crippen LogP contribution in [0.4, 0.5) is 10.1 Å². The standard InChI is InChI=1S/C20H21Cl2FN2O3S/c1-13-5-6-15(11-18(13)22)24-20(26)14-7-9-25(10-8-14)29(27,28)12-16-17(21)3-2-4-19(16)23/h2-6,11,14H,7-10,12H2,1H3,(H,24,26). The lowest BCUT2D eigenvalue weighted by molar-refractivity contribution is -0.120. The number of nitrogens with one attached hydrogen (secondary N) is 1. The molecule has 1 fully saturated rings. The molecular formula is C20H21Cl2FN2O3S. The van der Waals surface area contributed by atoms with Crippen LogP contribution in [0.1, 0.15) is 24.0 Å². The number of aryl methyl sites for hydroxylation is 1. The Bertz CT molecular complexity index is 1000. The van der Waals surface area contributed by atoms with Crippen molar-refractivity contribution in [2.45, 2.75) is 25.5 Å². The quantitative estimate of drug-likeness (QED) is 0.710. The van der Waals surface area contributed by atoms with Crippen LogP contribution in [0, 0.1) is 18.7 Å². The summed E-state index contributed by atoms with van der Waals surface area (Å²) in [6.07, 6.45) is 0.769. The Balaban J connectivity index is 1.60. The molecule has 0 aromatic heterocycles. The van der Waals surface area contributed by atoms with E-state index in [1.807, 2.05) is 13.0 Å². The van der Waals surface area contributed by atoms with Gasteiger partial charge in [-0.25, -0.2) is 17.1 Å². The lowest BCUT2D eigenvalue weighted by Gasteiger charge is -2.30. The van der Waals surface area contributed by atoms with Crippen LogP contribution in [-0.4, -0.2) is 31.7 Å². The number of hydrogen-bond donors (Lipinski definition) is 1. The van der Waals surface area contributed by atoms with E-state index in [-0.39, 0.29) is 35.5 Å². The molecule has 0 radical (unpaired) electrons. The molecule has 1 aliphatic rings. The van der Waals surface area contributed by atoms with E-state index in [4.69, 9.17) is 23.2 Å². The summed E-state index contributed by atoms with van der Waals surface area (Å²) in [4.78, 5) is 12.5. The number of piperidine rings is 1. The molecule has 0 bridgehead atoms. The number of amides is 1. The smallest absolute Gasteiger partial charge is 0.227 e. The molecule has 2 aromatic carbocycles. The van der Waals surface area contributed by atoms with Crippen molar-refractivity contribution in [2.75, 3.05) is 18.4 Å². The van der Waals surface area contributed by atoms with Gasteiger partial charge in [0.05, 0.1) is 5.75 Å². The Morgan fingerprint density at radius 2 is 1.86 bits per heavy atom. The third kappa shape index (κ3) is 5.28. The van der Waals surface area contributed by atoms with Crippen molar-refractivity contribution in [2.24, 2.45) is 5.92 Å². The molecule has 1 amide bonds. The van der Waals surface area contributed by atoms with Crippen LogP contribution >= 0.6 is 23.2 Å². The second-order valence-electron chi connectivity index (χ2n) is 7.08. The molecule has 0 spiro atoms. The highest BCUT2D eigenvalue weighted by Gasteiger charge is 2.32. The maximum Gasteiger partial charge on any atom is 0.227 e. The summed E-state index contributed by atoms with van der Waals surface area (Å²) in [5.41, 5.74) is 1.48. The highest BCUT2D eigenvalue weighted by atomic mass is 35.5. The molecule has 9 heteroatoms. The number of halogens is 3. The molecule has 2 aromatic rings. The molecule has 156 valence electrons. The Morgan fingerprint density at radius 1 is 1.17 bits per heavy atom. The molecule has 0 atom stereocenters. The molecule has 1 aliphatic heterocycles. The average Bonchev–Trinajstić information content (AvgIpc) is 2.68. The summed E-state index contributed by atoms with van der Waals surface area (Å²) in [7, 11) is -3.74. The summed E-state index contributed by atoms with van der Waals surface area (Å²) in [5, 5.41) is 3.48. The van der Waals surface area contributed by atoms with Gasteiger partial charge in [-0.1, -0.05) is 35.3 Å². The SMILES string of the molecule is Cc1ccc(NC(=O)C2CCN(S(=O)(=O)Cc3c(F)cccc3Cl)CC2)cc1Cl. The number of carbonyl (C=O) groups is 1. The number of benzene rings is 2. The molecule has 29 heavy (non-hydrogen) atoms. The second kappa shape index (κ2) is 9.00. The van der Waals surface area contributed by atoms with Crippen LogP contribution in [0.2, 0.25) is 10.0 Å². The molecule has 0 saturated carbocycles. The van der Waals surface area contributed by atoms with Crippen LogP contribution < -0.4 is 5.32 Å². The molecule has 3 rings (SSSR count). The highest BCUT2D eigenvalue weighted by molar-refractivity contribution is 7.88. The molecule has 5 nitrogen and oxygen atoms in total. The van der Waals surface area contributed by atoms with Crippen molar-refractivity contribution in [1.82, 2.24) is 4.31 Å². The van der Waals surface area contributed by atoms with Gasteiger partial charge in [0.15, 0.2) is 0 Å². The van der Waals surface area contributed by atoms with Gasteiger partial charge in [-0.15, -0.1) is 0 Å². The number of anilines is 1. The molecule has 0 unspecified atom stereocenters. The van der Waals surface area contributed by atoms with E-state index in [0.717, 1.165) is 5.56 Å². The van der Waals surface area contributed by atoms with Gasteiger partial charge in [-0.05, 0) is 49.6 Å². The minimum atomic E-state index is -3.74. The monoisotopic (exact) mass is 458 g/mol. The lowest BCUT2D eigenvalue weighted by Crippen LogP contribution is -2.42. The minimum absolute atomic E-state index is 0.0368. The van der Waals surface area contributed by atoms with Crippen LogP contribution in [0.15, 0.2) is 36.4 Å². The Labute approximate surface area is 179 Å². The molecule has 1 N–H and O–H groups in total. The Hall–Kier alpha value is -1.67. The Kier molecular flexibility index (Phi) is 6.83. The average molecular weight is 459 g/mol. The first kappa shape index (κ1) is 22.0. The Morgan fingerprint density at radius 3 is 2.48 bits per heavy atom. The molecule has 1 heterocycles. The summed E-state index contributed by atoms with van der Waals surface area (Å²) in [5.74, 6) is -1.62. The van der Waals surface area contributed by atoms with Gasteiger partial charge < -0.3 is 5.32 Å². The normalized spacial score (nSPS) is 16.0. The topological polar surface area (TPSA) is 66.5 Å². The summed E-state index contributed by atoms with van der Waals surface area (Å²) in [6, 6.07) is 9.36. The van der Waals surface area contributed by atoms with Gasteiger partial charge >= 0.3 is 0 Å². The first-order chi connectivity index (χ1) is 13.7. The van der Waals surface area contributed by atoms with Crippen LogP contribution in [0.25, 0.3) is 0 Å². The second-order valence-corrected chi connectivity index (χ2v) is 9.87. The largest absolute Gasteiger partial charge is 0.326 e. The molecule has 0 aliphatic carbocycles. The fourth-order valence-corrected chi connectivity index (χ4v) is 5.35. The van der Waals surface area contributed by atoms with Crippen molar-refractivity contribution >= 4 is 44.8 Å². The number of nitrogens with zero attached hydrogens (tertiary/aromatic N) is 1. The zero-order chi connectivity index (χ0) is 21.2. The van der Waals surface area contributed by atoms with E-state index < -0.39 is 21.6 Å². The third-order valence-corrected chi connectivity index (χ3v) is 7.61. The number of sulfonamides is 1. The van der Waals surface area contributed by atoms with Gasteiger partial charge in [0.1, 0.15) is 5.82 Å². The van der Waals surface area contributed by atoms with Crippen molar-refractivity contribution in [3.8, 4) is 0 Å². The van der Waals surface area contributed by atoms with E-state index >= 15 is 0 Å². The zero-order valence-corrected chi connectivity index (χ0v) is 18.1. The first-order valence-electron chi connectivity index (χ1n) is 9.15. The summed E-state index contributed by atoms with van der Waals surface area (Å²) < 4.78 is 40.6. The molecular weight excluding hydrogens is 438 g/mol. The predicted octanol–water partition coefficient (Wildman–Crippen LogP) is 4.62. The van der Waals surface area contributed by atoms with Crippen LogP contribution in [-0.2, 0) is 20.6 Å². The van der Waals surface area contributed by atoms with Crippen molar-refractivity contribution in [3.63, 3.8) is 0 Å². The van der Waals surface area contributed by atoms with Gasteiger partial charge in [0.25, 0.3) is 0 Å². The number of rotatable bonds is 5. The van der Waals surface area contributed by atoms with E-state index in [9.17, 15) is 17.6 Å². The van der Waals surface area contributed by atoms with Gasteiger partial charge in [0.2, 0.25) is 15.9 Å². The van der Waals surface area contributed by atoms with E-state index in [1.54, 1.807) is 12.1 Å². The first-order valence-corrected chi connectivity index (χ1v) is 11.5. The lowest BCUT2D eigenvalue weighted by atomic mass is 9.97. The van der Waals surface area contributed by atoms with Crippen molar-refractivity contribution in [1.29, 1.82) is 0 Å². The summed E-state index contributed by atoms with van der Waals surface area (Å²) in [6.45, 7) is 2.26. The van der Waals surface area contributed by atoms with Gasteiger partial charge in [-0.3, -0.25) is 4.79 Å². The van der Waals surface area contributed by atoms with Gasteiger partial charge in [0, 0.05) is 40.3 Å². The maximum absolute atomic E-state index is 13.9. The minimum Gasteiger partial charge on any atom is -0.326 e. The fraction of sp³-hybridized carbons (Fsp3) is 0.350. The fourth-order valence-electron chi connectivity index (χ4n) is 3.26. The van der Waals surface area contributed by atoms with Crippen LogP contribution in [0.3, 0.4) is 0 Å². The van der Waals surface area contributed by atoms with Crippen LogP contribution in [0.5, 0.6) is 0 Å². The number of hydrogen-bond acceptors (Lipinski definition) is 3. The predicted molar refractivity (Wildman–Crippen MR) is 113 cm³/mol. The van der Waals surface area contributed by atoms with E-state index in [1.165, 1.54) is 22.5 Å². The third-order valence-electron chi connectivity index (χ3n) is 5.05. The maximum atomic E-state index is 13.9. The summed E-state index contributed by atoms with van der Waals surface area (Å²) >= 11 is 12.0.